The van der Waals surface area contributed by atoms with Gasteiger partial charge in [-0.05, 0) is 15.9 Å². The quantitative estimate of drug-likeness (QED) is 0.684. The van der Waals surface area contributed by atoms with E-state index in [1.54, 1.807) is 6.20 Å². The lowest BCUT2D eigenvalue weighted by molar-refractivity contribution is 0.589. The van der Waals surface area contributed by atoms with Crippen LogP contribution in [0.2, 0.25) is 0 Å². The first-order valence-electron chi connectivity index (χ1n) is 4.47. The average Bonchev–Trinajstić information content (AvgIpc) is 2.14. The van der Waals surface area contributed by atoms with Crippen molar-refractivity contribution in [2.75, 3.05) is 30.4 Å². The van der Waals surface area contributed by atoms with Gasteiger partial charge in [0.25, 0.3) is 0 Å². The van der Waals surface area contributed by atoms with Crippen LogP contribution in [0.3, 0.4) is 0 Å². The molecule has 0 saturated carbocycles. The Balaban J connectivity index is 2.49. The Morgan fingerprint density at radius 1 is 1.44 bits per heavy atom. The van der Waals surface area contributed by atoms with Crippen LogP contribution in [-0.2, 0) is 10.0 Å². The van der Waals surface area contributed by atoms with Gasteiger partial charge in [0.15, 0.2) is 0 Å². The highest BCUT2D eigenvalue weighted by Crippen LogP contribution is 2.26. The van der Waals surface area contributed by atoms with Crippen LogP contribution in [0.25, 0.3) is 0 Å². The number of rotatable bonds is 5. The second-order valence-electron chi connectivity index (χ2n) is 3.18. The molecule has 0 aliphatic rings. The molecule has 0 saturated heterocycles. The largest absolute Gasteiger partial charge is 0.396 e. The van der Waals surface area contributed by atoms with Crippen molar-refractivity contribution in [1.82, 2.24) is 9.71 Å². The highest BCUT2D eigenvalue weighted by Gasteiger charge is 2.04. The van der Waals surface area contributed by atoms with Gasteiger partial charge in [0.1, 0.15) is 0 Å². The van der Waals surface area contributed by atoms with Gasteiger partial charge in [-0.2, -0.15) is 0 Å². The van der Waals surface area contributed by atoms with Crippen molar-refractivity contribution >= 4 is 37.3 Å². The summed E-state index contributed by atoms with van der Waals surface area (Å²) in [5, 5.41) is 3.01. The van der Waals surface area contributed by atoms with Crippen LogP contribution in [0.1, 0.15) is 0 Å². The fourth-order valence-corrected chi connectivity index (χ4v) is 2.02. The summed E-state index contributed by atoms with van der Waals surface area (Å²) in [5.74, 6) is 0. The first kappa shape index (κ1) is 13.2. The number of sulfonamides is 1. The van der Waals surface area contributed by atoms with E-state index in [-0.39, 0.29) is 0 Å². The van der Waals surface area contributed by atoms with Crippen LogP contribution in [-0.4, -0.2) is 32.7 Å². The van der Waals surface area contributed by atoms with E-state index in [2.05, 4.69) is 31.0 Å². The Morgan fingerprint density at radius 3 is 2.69 bits per heavy atom. The van der Waals surface area contributed by atoms with E-state index in [1.165, 1.54) is 6.20 Å². The molecule has 0 radical (unpaired) electrons. The van der Waals surface area contributed by atoms with E-state index in [9.17, 15) is 8.42 Å². The van der Waals surface area contributed by atoms with Gasteiger partial charge in [-0.25, -0.2) is 13.1 Å². The molecule has 1 heterocycles. The van der Waals surface area contributed by atoms with Crippen LogP contribution < -0.4 is 15.8 Å². The standard InChI is InChI=1S/C8H13BrN4O2S/c1-16(14,15)13-3-2-12-8-6(9)4-11-5-7(8)10/h4-5,13H,2-3,10H2,1H3,(H,11,12). The third-order valence-corrected chi connectivity index (χ3v) is 3.05. The summed E-state index contributed by atoms with van der Waals surface area (Å²) in [6.45, 7) is 0.743. The van der Waals surface area contributed by atoms with Crippen molar-refractivity contribution in [3.05, 3.63) is 16.9 Å². The zero-order chi connectivity index (χ0) is 12.2. The molecular formula is C8H13BrN4O2S. The molecule has 1 aromatic rings. The van der Waals surface area contributed by atoms with Crippen LogP contribution in [0.5, 0.6) is 0 Å². The maximum atomic E-state index is 10.8. The zero-order valence-electron chi connectivity index (χ0n) is 8.70. The predicted molar refractivity (Wildman–Crippen MR) is 67.7 cm³/mol. The minimum absolute atomic E-state index is 0.299. The number of hydrogen-bond acceptors (Lipinski definition) is 5. The van der Waals surface area contributed by atoms with E-state index < -0.39 is 10.0 Å². The SMILES string of the molecule is CS(=O)(=O)NCCNc1c(N)cncc1Br. The Labute approximate surface area is 103 Å². The van der Waals surface area contributed by atoms with Crippen LogP contribution >= 0.6 is 15.9 Å². The summed E-state index contributed by atoms with van der Waals surface area (Å²) < 4.78 is 24.7. The molecular weight excluding hydrogens is 296 g/mol. The van der Waals surface area contributed by atoms with Gasteiger partial charge in [0.05, 0.1) is 28.3 Å². The van der Waals surface area contributed by atoms with Crippen molar-refractivity contribution < 1.29 is 8.42 Å². The normalized spacial score (nSPS) is 11.4. The molecule has 0 aliphatic carbocycles. The highest BCUT2D eigenvalue weighted by molar-refractivity contribution is 9.10. The maximum absolute atomic E-state index is 10.8. The Morgan fingerprint density at radius 2 is 2.12 bits per heavy atom. The number of pyridine rings is 1. The zero-order valence-corrected chi connectivity index (χ0v) is 11.1. The first-order valence-corrected chi connectivity index (χ1v) is 7.16. The van der Waals surface area contributed by atoms with Crippen molar-refractivity contribution in [2.24, 2.45) is 0 Å². The van der Waals surface area contributed by atoms with E-state index in [0.717, 1.165) is 10.7 Å². The molecule has 8 heteroatoms. The smallest absolute Gasteiger partial charge is 0.208 e. The lowest BCUT2D eigenvalue weighted by atomic mass is 10.3. The molecule has 0 unspecified atom stereocenters. The second kappa shape index (κ2) is 5.46. The number of nitrogens with zero attached hydrogens (tertiary/aromatic N) is 1. The molecule has 1 rings (SSSR count). The molecule has 0 spiro atoms. The molecule has 0 bridgehead atoms. The van der Waals surface area contributed by atoms with Crippen LogP contribution in [0, 0.1) is 0 Å². The molecule has 90 valence electrons. The summed E-state index contributed by atoms with van der Waals surface area (Å²) in [6, 6.07) is 0. The monoisotopic (exact) mass is 308 g/mol. The molecule has 0 aliphatic heterocycles. The van der Waals surface area contributed by atoms with E-state index in [0.29, 0.717) is 24.5 Å². The molecule has 16 heavy (non-hydrogen) atoms. The number of nitrogen functional groups attached to an aromatic ring is 1. The van der Waals surface area contributed by atoms with Gasteiger partial charge in [-0.15, -0.1) is 0 Å². The fraction of sp³-hybridized carbons (Fsp3) is 0.375. The number of nitrogens with two attached hydrogens (primary N) is 1. The molecule has 0 amide bonds. The van der Waals surface area contributed by atoms with Crippen LogP contribution in [0.15, 0.2) is 16.9 Å². The second-order valence-corrected chi connectivity index (χ2v) is 5.87. The van der Waals surface area contributed by atoms with Crippen molar-refractivity contribution in [1.29, 1.82) is 0 Å². The highest BCUT2D eigenvalue weighted by atomic mass is 79.9. The van der Waals surface area contributed by atoms with Gasteiger partial charge in [0, 0.05) is 19.3 Å². The first-order chi connectivity index (χ1) is 7.40. The molecule has 4 N–H and O–H groups in total. The summed E-state index contributed by atoms with van der Waals surface area (Å²) in [6.07, 6.45) is 4.25. The number of hydrogen-bond donors (Lipinski definition) is 3. The average molecular weight is 309 g/mol. The summed E-state index contributed by atoms with van der Waals surface area (Å²) in [5.41, 5.74) is 6.92. The summed E-state index contributed by atoms with van der Waals surface area (Å²) in [7, 11) is -3.14. The van der Waals surface area contributed by atoms with E-state index >= 15 is 0 Å². The topological polar surface area (TPSA) is 97.1 Å². The lowest BCUT2D eigenvalue weighted by Crippen LogP contribution is -2.27. The van der Waals surface area contributed by atoms with Crippen molar-refractivity contribution in [3.8, 4) is 0 Å². The summed E-state index contributed by atoms with van der Waals surface area (Å²) >= 11 is 3.30. The predicted octanol–water partition coefficient (Wildman–Crippen LogP) is 0.387. The Bertz CT molecular complexity index is 443. The molecule has 0 atom stereocenters. The Hall–Kier alpha value is -0.860. The number of halogens is 1. The third kappa shape index (κ3) is 4.33. The van der Waals surface area contributed by atoms with Gasteiger partial charge in [-0.1, -0.05) is 0 Å². The number of nitrogens with one attached hydrogen (secondary N) is 2. The van der Waals surface area contributed by atoms with Crippen molar-refractivity contribution in [3.63, 3.8) is 0 Å². The maximum Gasteiger partial charge on any atom is 0.208 e. The van der Waals surface area contributed by atoms with Gasteiger partial charge < -0.3 is 11.1 Å². The van der Waals surface area contributed by atoms with Gasteiger partial charge in [-0.3, -0.25) is 4.98 Å². The number of anilines is 2. The van der Waals surface area contributed by atoms with Crippen LogP contribution in [0.4, 0.5) is 11.4 Å². The minimum Gasteiger partial charge on any atom is -0.396 e. The van der Waals surface area contributed by atoms with Gasteiger partial charge >= 0.3 is 0 Å². The number of aromatic nitrogens is 1. The molecule has 0 fully saturated rings. The summed E-state index contributed by atoms with van der Waals surface area (Å²) in [4.78, 5) is 3.89. The molecule has 0 aromatic carbocycles. The van der Waals surface area contributed by atoms with Crippen molar-refractivity contribution in [2.45, 2.75) is 0 Å². The minimum atomic E-state index is -3.14. The molecule has 6 nitrogen and oxygen atoms in total. The fourth-order valence-electron chi connectivity index (χ4n) is 1.06. The lowest BCUT2D eigenvalue weighted by Gasteiger charge is -2.10. The third-order valence-electron chi connectivity index (χ3n) is 1.72. The van der Waals surface area contributed by atoms with Gasteiger partial charge in [0.2, 0.25) is 10.0 Å². The van der Waals surface area contributed by atoms with E-state index in [4.69, 9.17) is 5.73 Å². The Kier molecular flexibility index (Phi) is 4.51. The molecule has 1 aromatic heterocycles. The van der Waals surface area contributed by atoms with E-state index in [1.807, 2.05) is 0 Å².